The van der Waals surface area contributed by atoms with E-state index in [0.717, 1.165) is 6.42 Å². The molecule has 0 aromatic heterocycles. The first-order valence-corrected chi connectivity index (χ1v) is 21.8. The van der Waals surface area contributed by atoms with Gasteiger partial charge in [-0.3, -0.25) is 0 Å². The first kappa shape index (κ1) is 41.1. The molecule has 0 heterocycles. The summed E-state index contributed by atoms with van der Waals surface area (Å²) in [5, 5.41) is 6.27. The van der Waals surface area contributed by atoms with Crippen LogP contribution in [0.2, 0.25) is 0 Å². The van der Waals surface area contributed by atoms with Crippen LogP contribution in [0.25, 0.3) is 0 Å². The van der Waals surface area contributed by atoms with Gasteiger partial charge in [0.05, 0.1) is 0 Å². The zero-order valence-corrected chi connectivity index (χ0v) is 37.6. The second-order valence-electron chi connectivity index (χ2n) is 22.3. The summed E-state index contributed by atoms with van der Waals surface area (Å²) in [7, 11) is -2.96. The van der Waals surface area contributed by atoms with E-state index >= 15 is 0 Å². The van der Waals surface area contributed by atoms with Gasteiger partial charge in [0.25, 0.3) is 0 Å². The van der Waals surface area contributed by atoms with Crippen LogP contribution in [0.1, 0.15) is 178 Å². The topological polar surface area (TPSA) is 0 Å². The van der Waals surface area contributed by atoms with Gasteiger partial charge in [-0.1, -0.05) is 210 Å². The minimum absolute atomic E-state index is 0.00694. The maximum Gasteiger partial charge on any atom is 0.176 e. The molecule has 0 bridgehead atoms. The van der Waals surface area contributed by atoms with Crippen LogP contribution in [0.3, 0.4) is 0 Å². The van der Waals surface area contributed by atoms with Crippen molar-refractivity contribution in [1.82, 2.24) is 0 Å². The molecule has 0 radical (unpaired) electrons. The molecule has 4 rings (SSSR count). The third-order valence-corrected chi connectivity index (χ3v) is 16.2. The molecule has 3 aromatic carbocycles. The Balaban J connectivity index is 2.50. The van der Waals surface area contributed by atoms with Gasteiger partial charge in [0.15, 0.2) is 8.07 Å². The summed E-state index contributed by atoms with van der Waals surface area (Å²) in [6.07, 6.45) is 5.96. The van der Waals surface area contributed by atoms with Gasteiger partial charge < -0.3 is 0 Å². The number of rotatable bonds is 5. The maximum absolute atomic E-state index is 2.96. The third kappa shape index (κ3) is 8.45. The van der Waals surface area contributed by atoms with Crippen molar-refractivity contribution in [1.29, 1.82) is 0 Å². The van der Waals surface area contributed by atoms with E-state index in [2.05, 4.69) is 205 Å². The lowest BCUT2D eigenvalue weighted by Gasteiger charge is -2.41. The van der Waals surface area contributed by atoms with Crippen LogP contribution in [0.4, 0.5) is 0 Å². The molecule has 1 aliphatic rings. The average Bonchev–Trinajstić information content (AvgIpc) is 3.45. The predicted molar refractivity (Wildman–Crippen MR) is 232 cm³/mol. The Morgan fingerprint density at radius 1 is 0.392 bits per heavy atom. The first-order valence-electron chi connectivity index (χ1n) is 19.8. The highest BCUT2D eigenvalue weighted by Crippen LogP contribution is 2.39. The van der Waals surface area contributed by atoms with Crippen molar-refractivity contribution in [3.05, 3.63) is 111 Å². The van der Waals surface area contributed by atoms with Gasteiger partial charge in [-0.15, -0.1) is 0 Å². The summed E-state index contributed by atoms with van der Waals surface area (Å²) in [5.41, 5.74) is 10.2. The van der Waals surface area contributed by atoms with Crippen molar-refractivity contribution < 1.29 is 0 Å². The smallest absolute Gasteiger partial charge is 0.0805 e. The highest BCUT2D eigenvalue weighted by molar-refractivity contribution is 7.16. The van der Waals surface area contributed by atoms with E-state index in [-0.39, 0.29) is 32.5 Å². The molecule has 0 nitrogen and oxygen atoms in total. The van der Waals surface area contributed by atoms with Gasteiger partial charge in [0, 0.05) is 0 Å². The summed E-state index contributed by atoms with van der Waals surface area (Å²) in [5.74, 6) is 0.430. The number of allylic oxidation sites excluding steroid dienone is 4. The zero-order valence-electron chi connectivity index (χ0n) is 36.6. The van der Waals surface area contributed by atoms with E-state index in [1.54, 1.807) is 5.20 Å². The molecular formula is C50H74Si. The lowest BCUT2D eigenvalue weighted by Crippen LogP contribution is -2.69. The Kier molecular flexibility index (Phi) is 10.8. The van der Waals surface area contributed by atoms with Crippen LogP contribution < -0.4 is 15.6 Å². The minimum atomic E-state index is -2.96. The molecule has 0 saturated carbocycles. The SMILES string of the molecule is CC(C)C1=C([Si](c2cc(C(C)(C)C)cc(C(C)(C)C)c2)(c2cc(C(C)(C)C)cc(C(C)(C)C)c2)c2cc(C(C)(C)C)cc(C(C)(C)C)c2)CC=C1. The normalized spacial score (nSPS) is 15.4. The van der Waals surface area contributed by atoms with E-state index < -0.39 is 8.07 Å². The summed E-state index contributed by atoms with van der Waals surface area (Å²) in [6.45, 7) is 48.0. The fourth-order valence-corrected chi connectivity index (χ4v) is 13.1. The quantitative estimate of drug-likeness (QED) is 0.183. The molecule has 0 amide bonds. The lowest BCUT2D eigenvalue weighted by molar-refractivity contribution is 0.569. The molecule has 0 fully saturated rings. The highest BCUT2D eigenvalue weighted by atomic mass is 28.3. The molecule has 0 unspecified atom stereocenters. The Bertz CT molecular complexity index is 1530. The summed E-state index contributed by atoms with van der Waals surface area (Å²) in [6, 6.07) is 23.5. The molecule has 51 heavy (non-hydrogen) atoms. The van der Waals surface area contributed by atoms with Gasteiger partial charge in [0.1, 0.15) is 0 Å². The third-order valence-electron chi connectivity index (χ3n) is 11.3. The molecule has 3 aromatic rings. The maximum atomic E-state index is 2.66. The van der Waals surface area contributed by atoms with Crippen LogP contribution in [0.15, 0.2) is 77.5 Å². The summed E-state index contributed by atoms with van der Waals surface area (Å²) < 4.78 is 0. The van der Waals surface area contributed by atoms with Gasteiger partial charge in [0.2, 0.25) is 0 Å². The lowest BCUT2D eigenvalue weighted by atomic mass is 9.80. The number of hydrogen-bond donors (Lipinski definition) is 0. The van der Waals surface area contributed by atoms with Gasteiger partial charge in [-0.2, -0.15) is 0 Å². The predicted octanol–water partition coefficient (Wildman–Crippen LogP) is 12.4. The van der Waals surface area contributed by atoms with Crippen molar-refractivity contribution in [3.8, 4) is 0 Å². The van der Waals surface area contributed by atoms with Gasteiger partial charge in [-0.05, 0) is 99.3 Å². The fourth-order valence-electron chi connectivity index (χ4n) is 7.59. The van der Waals surface area contributed by atoms with Gasteiger partial charge in [-0.25, -0.2) is 0 Å². The minimum Gasteiger partial charge on any atom is -0.0805 e. The van der Waals surface area contributed by atoms with Crippen LogP contribution in [-0.2, 0) is 32.5 Å². The summed E-state index contributed by atoms with van der Waals surface area (Å²) >= 11 is 0. The molecular weight excluding hydrogens is 629 g/mol. The molecule has 0 spiro atoms. The second-order valence-corrected chi connectivity index (χ2v) is 26.2. The highest BCUT2D eigenvalue weighted by Gasteiger charge is 2.47. The van der Waals surface area contributed by atoms with E-state index in [1.807, 2.05) is 0 Å². The van der Waals surface area contributed by atoms with Gasteiger partial charge >= 0.3 is 0 Å². The van der Waals surface area contributed by atoms with Crippen LogP contribution in [0.5, 0.6) is 0 Å². The Morgan fingerprint density at radius 2 is 0.627 bits per heavy atom. The largest absolute Gasteiger partial charge is 0.176 e. The average molecular weight is 703 g/mol. The Hall–Kier alpha value is -2.64. The van der Waals surface area contributed by atoms with Crippen molar-refractivity contribution in [3.63, 3.8) is 0 Å². The first-order chi connectivity index (χ1) is 22.9. The van der Waals surface area contributed by atoms with Crippen LogP contribution in [0, 0.1) is 5.92 Å². The second kappa shape index (κ2) is 13.3. The molecule has 278 valence electrons. The molecule has 0 atom stereocenters. The van der Waals surface area contributed by atoms with Crippen molar-refractivity contribution in [2.45, 2.75) is 177 Å². The van der Waals surface area contributed by atoms with E-state index in [1.165, 1.54) is 54.5 Å². The Morgan fingerprint density at radius 3 is 0.824 bits per heavy atom. The van der Waals surface area contributed by atoms with E-state index in [4.69, 9.17) is 0 Å². The molecule has 0 aliphatic heterocycles. The van der Waals surface area contributed by atoms with Crippen LogP contribution >= 0.6 is 0 Å². The monoisotopic (exact) mass is 703 g/mol. The number of benzene rings is 3. The van der Waals surface area contributed by atoms with E-state index in [0.29, 0.717) is 5.92 Å². The Labute approximate surface area is 316 Å². The van der Waals surface area contributed by atoms with Crippen LogP contribution in [-0.4, -0.2) is 8.07 Å². The van der Waals surface area contributed by atoms with Crippen molar-refractivity contribution in [2.75, 3.05) is 0 Å². The zero-order chi connectivity index (χ0) is 38.9. The molecule has 0 saturated heterocycles. The number of hydrogen-bond acceptors (Lipinski definition) is 0. The molecule has 1 aliphatic carbocycles. The standard InChI is InChI=1S/C50H74Si/c1-33(2)43-22-21-23-44(43)51(40-27-34(45(3,4)5)24-35(28-40)46(6,7)8,41-29-36(47(9,10)11)25-37(30-41)48(12,13)14)42-31-38(49(15,16)17)26-39(32-42)50(18,19)20/h21-22,24-33H,23H2,1-20H3. The fraction of sp³-hybridized carbons (Fsp3) is 0.560. The molecule has 0 N–H and O–H groups in total. The molecule has 1 heteroatoms. The van der Waals surface area contributed by atoms with Crippen molar-refractivity contribution >= 4 is 23.6 Å². The van der Waals surface area contributed by atoms with E-state index in [9.17, 15) is 0 Å². The van der Waals surface area contributed by atoms with Crippen molar-refractivity contribution in [2.24, 2.45) is 5.92 Å². The summed E-state index contributed by atoms with van der Waals surface area (Å²) in [4.78, 5) is 0.